The predicted octanol–water partition coefficient (Wildman–Crippen LogP) is 2.89. The van der Waals surface area contributed by atoms with Gasteiger partial charge in [0.2, 0.25) is 0 Å². The van der Waals surface area contributed by atoms with E-state index >= 15 is 0 Å². The Balaban J connectivity index is 2.35. The van der Waals surface area contributed by atoms with Crippen molar-refractivity contribution in [2.24, 2.45) is 0 Å². The monoisotopic (exact) mass is 391 g/mol. The highest BCUT2D eigenvalue weighted by atomic mass is 79.9. The van der Waals surface area contributed by atoms with Gasteiger partial charge in [0.05, 0.1) is 34.0 Å². The zero-order valence-corrected chi connectivity index (χ0v) is 14.0. The molecule has 0 amide bonds. The summed E-state index contributed by atoms with van der Waals surface area (Å²) in [5.74, 6) is 0.285. The summed E-state index contributed by atoms with van der Waals surface area (Å²) in [6, 6.07) is 5.71. The van der Waals surface area contributed by atoms with Crippen LogP contribution in [0.4, 0.5) is 11.4 Å². The third-order valence-electron chi connectivity index (χ3n) is 2.56. The Morgan fingerprint density at radius 2 is 2.10 bits per heavy atom. The molecule has 0 radical (unpaired) electrons. The second-order valence-corrected chi connectivity index (χ2v) is 6.90. The minimum Gasteiger partial charge on any atom is -0.495 e. The zero-order chi connectivity index (χ0) is 15.6. The van der Waals surface area contributed by atoms with Crippen molar-refractivity contribution in [2.75, 3.05) is 17.6 Å². The number of hydrogen-bond acceptors (Lipinski definition) is 5. The van der Waals surface area contributed by atoms with Gasteiger partial charge in [-0.3, -0.25) is 4.72 Å². The third-order valence-corrected chi connectivity index (χ3v) is 5.08. The molecule has 0 aliphatic rings. The predicted molar refractivity (Wildman–Crippen MR) is 85.2 cm³/mol. The lowest BCUT2D eigenvalue weighted by molar-refractivity contribution is 0.415. The lowest BCUT2D eigenvalue weighted by Gasteiger charge is -2.10. The van der Waals surface area contributed by atoms with Crippen LogP contribution >= 0.6 is 27.5 Å². The van der Waals surface area contributed by atoms with E-state index in [9.17, 15) is 8.42 Å². The summed E-state index contributed by atoms with van der Waals surface area (Å²) >= 11 is 8.94. The maximum absolute atomic E-state index is 12.3. The van der Waals surface area contributed by atoms with E-state index in [4.69, 9.17) is 22.1 Å². The topological polar surface area (TPSA) is 94.3 Å². The van der Waals surface area contributed by atoms with Gasteiger partial charge in [-0.15, -0.1) is 0 Å². The number of anilines is 2. The minimum absolute atomic E-state index is 0.0274. The number of nitrogens with two attached hydrogens (primary N) is 1. The smallest absolute Gasteiger partial charge is 0.262 e. The van der Waals surface area contributed by atoms with E-state index in [1.54, 1.807) is 0 Å². The number of rotatable bonds is 4. The fourth-order valence-corrected chi connectivity index (χ4v) is 3.05. The first-order valence-electron chi connectivity index (χ1n) is 5.61. The van der Waals surface area contributed by atoms with E-state index in [2.05, 4.69) is 25.6 Å². The highest BCUT2D eigenvalue weighted by Crippen LogP contribution is 2.27. The Morgan fingerprint density at radius 3 is 2.71 bits per heavy atom. The number of ether oxygens (including phenoxy) is 1. The molecule has 3 N–H and O–H groups in total. The quantitative estimate of drug-likeness (QED) is 0.616. The SMILES string of the molecule is COc1cc(S(=O)(=O)Nc2cnc(Cl)c(Br)c2)ccc1N. The van der Waals surface area contributed by atoms with E-state index in [0.29, 0.717) is 10.2 Å². The number of methoxy groups -OCH3 is 1. The number of aromatic nitrogens is 1. The molecular formula is C12H11BrClN3O3S. The van der Waals surface area contributed by atoms with Crippen LogP contribution in [0.1, 0.15) is 0 Å². The second-order valence-electron chi connectivity index (χ2n) is 4.01. The van der Waals surface area contributed by atoms with Crippen molar-refractivity contribution >= 4 is 48.9 Å². The number of nitrogens with zero attached hydrogens (tertiary/aromatic N) is 1. The van der Waals surface area contributed by atoms with Crippen molar-refractivity contribution in [3.8, 4) is 5.75 Å². The number of nitrogens with one attached hydrogen (secondary N) is 1. The van der Waals surface area contributed by atoms with Crippen LogP contribution < -0.4 is 15.2 Å². The van der Waals surface area contributed by atoms with Gasteiger partial charge in [0.1, 0.15) is 10.9 Å². The maximum atomic E-state index is 12.3. The van der Waals surface area contributed by atoms with E-state index < -0.39 is 10.0 Å². The molecular weight excluding hydrogens is 382 g/mol. The van der Waals surface area contributed by atoms with Crippen molar-refractivity contribution in [3.05, 3.63) is 40.1 Å². The summed E-state index contributed by atoms with van der Waals surface area (Å²) in [5, 5.41) is 0.243. The van der Waals surface area contributed by atoms with Gasteiger partial charge in [-0.05, 0) is 34.1 Å². The average Bonchev–Trinajstić information content (AvgIpc) is 2.43. The first kappa shape index (κ1) is 15.9. The van der Waals surface area contributed by atoms with Crippen molar-refractivity contribution < 1.29 is 13.2 Å². The standard InChI is InChI=1S/C12H11BrClN3O3S/c1-20-11-5-8(2-3-10(11)15)21(18,19)17-7-4-9(13)12(14)16-6-7/h2-6,17H,15H2,1H3. The summed E-state index contributed by atoms with van der Waals surface area (Å²) in [5.41, 5.74) is 6.29. The molecule has 112 valence electrons. The molecule has 0 saturated heterocycles. The summed E-state index contributed by atoms with van der Waals surface area (Å²) in [4.78, 5) is 3.88. The van der Waals surface area contributed by atoms with Crippen molar-refractivity contribution in [1.29, 1.82) is 0 Å². The lowest BCUT2D eigenvalue weighted by atomic mass is 10.3. The normalized spacial score (nSPS) is 11.2. The van der Waals surface area contributed by atoms with Crippen LogP contribution in [-0.2, 0) is 10.0 Å². The Labute approximate surface area is 135 Å². The summed E-state index contributed by atoms with van der Waals surface area (Å²) < 4.78 is 32.5. The maximum Gasteiger partial charge on any atom is 0.262 e. The lowest BCUT2D eigenvalue weighted by Crippen LogP contribution is -2.13. The third kappa shape index (κ3) is 3.58. The average molecular weight is 393 g/mol. The highest BCUT2D eigenvalue weighted by molar-refractivity contribution is 9.10. The second kappa shape index (κ2) is 6.08. The number of pyridine rings is 1. The summed E-state index contributed by atoms with van der Waals surface area (Å²) in [6.07, 6.45) is 1.32. The van der Waals surface area contributed by atoms with Crippen molar-refractivity contribution in [2.45, 2.75) is 4.90 Å². The van der Waals surface area contributed by atoms with Gasteiger partial charge in [-0.2, -0.15) is 0 Å². The van der Waals surface area contributed by atoms with Crippen molar-refractivity contribution in [3.63, 3.8) is 0 Å². The summed E-state index contributed by atoms with van der Waals surface area (Å²) in [6.45, 7) is 0. The fourth-order valence-electron chi connectivity index (χ4n) is 1.55. The van der Waals surface area contributed by atoms with Crippen LogP contribution in [0.25, 0.3) is 0 Å². The van der Waals surface area contributed by atoms with E-state index in [1.165, 1.54) is 37.6 Å². The van der Waals surface area contributed by atoms with Gasteiger partial charge in [0, 0.05) is 6.07 Å². The van der Waals surface area contributed by atoms with E-state index in [0.717, 1.165) is 0 Å². The van der Waals surface area contributed by atoms with Gasteiger partial charge < -0.3 is 10.5 Å². The highest BCUT2D eigenvalue weighted by Gasteiger charge is 2.17. The van der Waals surface area contributed by atoms with Gasteiger partial charge in [0.15, 0.2) is 0 Å². The molecule has 1 aromatic heterocycles. The van der Waals surface area contributed by atoms with Crippen LogP contribution in [0.2, 0.25) is 5.15 Å². The molecule has 0 atom stereocenters. The molecule has 1 aromatic carbocycles. The molecule has 1 heterocycles. The molecule has 6 nitrogen and oxygen atoms in total. The molecule has 21 heavy (non-hydrogen) atoms. The zero-order valence-electron chi connectivity index (χ0n) is 10.8. The first-order chi connectivity index (χ1) is 9.83. The molecule has 0 bridgehead atoms. The summed E-state index contributed by atoms with van der Waals surface area (Å²) in [7, 11) is -2.37. The largest absolute Gasteiger partial charge is 0.495 e. The number of halogens is 2. The molecule has 0 aliphatic carbocycles. The molecule has 2 aromatic rings. The van der Waals surface area contributed by atoms with E-state index in [1.807, 2.05) is 0 Å². The molecule has 2 rings (SSSR count). The molecule has 9 heteroatoms. The van der Waals surface area contributed by atoms with Crippen LogP contribution in [0, 0.1) is 0 Å². The van der Waals surface area contributed by atoms with Crippen molar-refractivity contribution in [1.82, 2.24) is 4.98 Å². The number of sulfonamides is 1. The molecule has 0 aliphatic heterocycles. The number of benzene rings is 1. The number of hydrogen-bond donors (Lipinski definition) is 2. The van der Waals surface area contributed by atoms with Crippen LogP contribution in [0.3, 0.4) is 0 Å². The number of nitrogen functional groups attached to an aromatic ring is 1. The van der Waals surface area contributed by atoms with Crippen LogP contribution in [0.5, 0.6) is 5.75 Å². The Bertz CT molecular complexity index is 783. The Morgan fingerprint density at radius 1 is 1.38 bits per heavy atom. The molecule has 0 unspecified atom stereocenters. The van der Waals surface area contributed by atoms with Gasteiger partial charge in [-0.25, -0.2) is 13.4 Å². The van der Waals surface area contributed by atoms with Gasteiger partial charge >= 0.3 is 0 Å². The molecule has 0 saturated carbocycles. The first-order valence-corrected chi connectivity index (χ1v) is 8.26. The van der Waals surface area contributed by atoms with Crippen LogP contribution in [-0.4, -0.2) is 20.5 Å². The van der Waals surface area contributed by atoms with E-state index in [-0.39, 0.29) is 21.5 Å². The Kier molecular flexibility index (Phi) is 4.60. The van der Waals surface area contributed by atoms with Gasteiger partial charge in [-0.1, -0.05) is 11.6 Å². The fraction of sp³-hybridized carbons (Fsp3) is 0.0833. The minimum atomic E-state index is -3.78. The molecule has 0 spiro atoms. The molecule has 0 fully saturated rings. The Hall–Kier alpha value is -1.51. The van der Waals surface area contributed by atoms with Crippen LogP contribution in [0.15, 0.2) is 39.8 Å². The van der Waals surface area contributed by atoms with Gasteiger partial charge in [0.25, 0.3) is 10.0 Å².